The van der Waals surface area contributed by atoms with Crippen molar-refractivity contribution in [3.63, 3.8) is 0 Å². The zero-order valence-corrected chi connectivity index (χ0v) is 11.8. The number of alkyl carbamates (subject to hydrolysis) is 1. The average Bonchev–Trinajstić information content (AvgIpc) is 2.42. The summed E-state index contributed by atoms with van der Waals surface area (Å²) in [6.07, 6.45) is 0.287. The standard InChI is InChI=1S/C13H18N2O4.ClH/c14-11(12(16)17)7-4-8-15-13(18)19-9-10-5-2-1-3-6-10;/h1-3,5-6,11H,4,7-9,14H2,(H,15,18)(H,16,17);1H. The average molecular weight is 303 g/mol. The van der Waals surface area contributed by atoms with Gasteiger partial charge in [-0.3, -0.25) is 4.79 Å². The molecule has 0 radical (unpaired) electrons. The number of benzene rings is 1. The quantitative estimate of drug-likeness (QED) is 0.663. The van der Waals surface area contributed by atoms with Crippen LogP contribution < -0.4 is 11.1 Å². The SMILES string of the molecule is Cl.NC(CCCNC(=O)OCc1ccccc1)C(=O)O. The monoisotopic (exact) mass is 302 g/mol. The summed E-state index contributed by atoms with van der Waals surface area (Å²) in [5.41, 5.74) is 6.23. The maximum Gasteiger partial charge on any atom is 0.407 e. The molecular formula is C13H19ClN2O4. The number of nitrogens with two attached hydrogens (primary N) is 1. The lowest BCUT2D eigenvalue weighted by atomic mass is 10.2. The van der Waals surface area contributed by atoms with E-state index in [0.29, 0.717) is 19.4 Å². The number of aliphatic carboxylic acids is 1. The fraction of sp³-hybridized carbons (Fsp3) is 0.385. The minimum atomic E-state index is -1.04. The topological polar surface area (TPSA) is 102 Å². The Balaban J connectivity index is 0.00000361. The van der Waals surface area contributed by atoms with Crippen LogP contribution in [-0.2, 0) is 16.1 Å². The fourth-order valence-electron chi connectivity index (χ4n) is 1.41. The molecule has 112 valence electrons. The molecule has 1 atom stereocenters. The highest BCUT2D eigenvalue weighted by molar-refractivity contribution is 5.85. The molecule has 0 saturated heterocycles. The van der Waals surface area contributed by atoms with Gasteiger partial charge in [0.05, 0.1) is 0 Å². The number of carbonyl (C=O) groups is 2. The third kappa shape index (κ3) is 7.60. The predicted octanol–water partition coefficient (Wildman–Crippen LogP) is 1.53. The summed E-state index contributed by atoms with van der Waals surface area (Å²) in [6.45, 7) is 0.552. The van der Waals surface area contributed by atoms with Gasteiger partial charge in [0.25, 0.3) is 0 Å². The molecule has 7 heteroatoms. The van der Waals surface area contributed by atoms with E-state index in [1.54, 1.807) is 0 Å². The van der Waals surface area contributed by atoms with Gasteiger partial charge in [0.1, 0.15) is 12.6 Å². The molecule has 4 N–H and O–H groups in total. The van der Waals surface area contributed by atoms with Crippen LogP contribution in [0, 0.1) is 0 Å². The first-order chi connectivity index (χ1) is 9.09. The molecule has 0 aliphatic rings. The lowest BCUT2D eigenvalue weighted by molar-refractivity contribution is -0.138. The van der Waals surface area contributed by atoms with Crippen LogP contribution in [0.2, 0.25) is 0 Å². The Morgan fingerprint density at radius 2 is 1.95 bits per heavy atom. The van der Waals surface area contributed by atoms with Gasteiger partial charge in [-0.25, -0.2) is 4.79 Å². The first-order valence-electron chi connectivity index (χ1n) is 6.02. The molecule has 0 aromatic heterocycles. The Morgan fingerprint density at radius 3 is 2.55 bits per heavy atom. The molecular weight excluding hydrogens is 284 g/mol. The van der Waals surface area contributed by atoms with Crippen molar-refractivity contribution in [1.82, 2.24) is 5.32 Å². The van der Waals surface area contributed by atoms with Crippen molar-refractivity contribution in [3.8, 4) is 0 Å². The van der Waals surface area contributed by atoms with Gasteiger partial charge in [-0.05, 0) is 18.4 Å². The molecule has 1 aromatic rings. The van der Waals surface area contributed by atoms with E-state index >= 15 is 0 Å². The maximum atomic E-state index is 11.3. The molecule has 0 spiro atoms. The number of ether oxygens (including phenoxy) is 1. The van der Waals surface area contributed by atoms with Crippen molar-refractivity contribution in [1.29, 1.82) is 0 Å². The molecule has 0 fully saturated rings. The Kier molecular flexibility index (Phi) is 9.15. The summed E-state index contributed by atoms with van der Waals surface area (Å²) in [5.74, 6) is -1.04. The van der Waals surface area contributed by atoms with E-state index in [2.05, 4.69) is 5.32 Å². The van der Waals surface area contributed by atoms with Crippen LogP contribution in [0.4, 0.5) is 4.79 Å². The number of hydrogen-bond acceptors (Lipinski definition) is 4. The van der Waals surface area contributed by atoms with E-state index in [1.807, 2.05) is 30.3 Å². The highest BCUT2D eigenvalue weighted by atomic mass is 35.5. The second-order valence-electron chi connectivity index (χ2n) is 4.08. The lowest BCUT2D eigenvalue weighted by Crippen LogP contribution is -2.32. The Labute approximate surface area is 123 Å². The highest BCUT2D eigenvalue weighted by Gasteiger charge is 2.10. The molecule has 6 nitrogen and oxygen atoms in total. The van der Waals surface area contributed by atoms with Crippen molar-refractivity contribution in [3.05, 3.63) is 35.9 Å². The second kappa shape index (κ2) is 10.1. The number of halogens is 1. The van der Waals surface area contributed by atoms with E-state index in [0.717, 1.165) is 5.56 Å². The van der Waals surface area contributed by atoms with Crippen molar-refractivity contribution < 1.29 is 19.4 Å². The van der Waals surface area contributed by atoms with Gasteiger partial charge >= 0.3 is 12.1 Å². The van der Waals surface area contributed by atoms with Crippen LogP contribution in [0.5, 0.6) is 0 Å². The summed E-state index contributed by atoms with van der Waals surface area (Å²) >= 11 is 0. The van der Waals surface area contributed by atoms with Crippen LogP contribution in [0.3, 0.4) is 0 Å². The number of rotatable bonds is 7. The molecule has 0 aliphatic carbocycles. The van der Waals surface area contributed by atoms with Crippen LogP contribution in [-0.4, -0.2) is 29.8 Å². The lowest BCUT2D eigenvalue weighted by Gasteiger charge is -2.08. The van der Waals surface area contributed by atoms with Crippen LogP contribution in [0.25, 0.3) is 0 Å². The summed E-state index contributed by atoms with van der Waals surface area (Å²) in [4.78, 5) is 21.8. The van der Waals surface area contributed by atoms with Gasteiger partial charge in [-0.1, -0.05) is 30.3 Å². The fourth-order valence-corrected chi connectivity index (χ4v) is 1.41. The van der Waals surface area contributed by atoms with Gasteiger partial charge < -0.3 is 20.9 Å². The molecule has 0 heterocycles. The van der Waals surface area contributed by atoms with Crippen molar-refractivity contribution in [2.75, 3.05) is 6.54 Å². The van der Waals surface area contributed by atoms with Gasteiger partial charge in [0, 0.05) is 6.54 Å². The Hall–Kier alpha value is -1.79. The van der Waals surface area contributed by atoms with Gasteiger partial charge in [0.2, 0.25) is 0 Å². The van der Waals surface area contributed by atoms with E-state index in [-0.39, 0.29) is 19.0 Å². The molecule has 0 saturated carbocycles. The molecule has 20 heavy (non-hydrogen) atoms. The van der Waals surface area contributed by atoms with Gasteiger partial charge in [0.15, 0.2) is 0 Å². The van der Waals surface area contributed by atoms with Gasteiger partial charge in [-0.15, -0.1) is 12.4 Å². The number of nitrogens with one attached hydrogen (secondary N) is 1. The van der Waals surface area contributed by atoms with Crippen molar-refractivity contribution in [2.45, 2.75) is 25.5 Å². The molecule has 0 bridgehead atoms. The minimum Gasteiger partial charge on any atom is -0.480 e. The molecule has 1 unspecified atom stereocenters. The number of carbonyl (C=O) groups excluding carboxylic acids is 1. The molecule has 1 amide bonds. The predicted molar refractivity (Wildman–Crippen MR) is 76.7 cm³/mol. The smallest absolute Gasteiger partial charge is 0.407 e. The third-order valence-electron chi connectivity index (χ3n) is 2.49. The maximum absolute atomic E-state index is 11.3. The third-order valence-corrected chi connectivity index (χ3v) is 2.49. The number of hydrogen-bond donors (Lipinski definition) is 3. The van der Waals surface area contributed by atoms with Crippen LogP contribution in [0.1, 0.15) is 18.4 Å². The normalized spacial score (nSPS) is 11.1. The number of carboxylic acids is 1. The molecule has 1 rings (SSSR count). The van der Waals surface area contributed by atoms with Crippen LogP contribution in [0.15, 0.2) is 30.3 Å². The molecule has 0 aliphatic heterocycles. The summed E-state index contributed by atoms with van der Waals surface area (Å²) in [7, 11) is 0. The minimum absolute atomic E-state index is 0. The van der Waals surface area contributed by atoms with E-state index < -0.39 is 18.1 Å². The zero-order chi connectivity index (χ0) is 14.1. The highest BCUT2D eigenvalue weighted by Crippen LogP contribution is 2.00. The number of amides is 1. The van der Waals surface area contributed by atoms with E-state index in [9.17, 15) is 9.59 Å². The van der Waals surface area contributed by atoms with Gasteiger partial charge in [-0.2, -0.15) is 0 Å². The Morgan fingerprint density at radius 1 is 1.30 bits per heavy atom. The number of carboxylic acid groups (broad SMARTS) is 1. The Bertz CT molecular complexity index is 414. The largest absolute Gasteiger partial charge is 0.480 e. The zero-order valence-electron chi connectivity index (χ0n) is 11.0. The summed E-state index contributed by atoms with van der Waals surface area (Å²) < 4.78 is 4.98. The second-order valence-corrected chi connectivity index (χ2v) is 4.08. The van der Waals surface area contributed by atoms with E-state index in [1.165, 1.54) is 0 Å². The first kappa shape index (κ1) is 18.2. The van der Waals surface area contributed by atoms with Crippen molar-refractivity contribution in [2.24, 2.45) is 5.73 Å². The summed E-state index contributed by atoms with van der Waals surface area (Å²) in [6, 6.07) is 8.45. The molecule has 1 aromatic carbocycles. The van der Waals surface area contributed by atoms with Crippen LogP contribution >= 0.6 is 12.4 Å². The summed E-state index contributed by atoms with van der Waals surface area (Å²) in [5, 5.41) is 11.1. The van der Waals surface area contributed by atoms with Crippen molar-refractivity contribution >= 4 is 24.5 Å². The van der Waals surface area contributed by atoms with E-state index in [4.69, 9.17) is 15.6 Å². The first-order valence-corrected chi connectivity index (χ1v) is 6.02.